The lowest BCUT2D eigenvalue weighted by molar-refractivity contribution is 0.186. The van der Waals surface area contributed by atoms with Gasteiger partial charge >= 0.3 is 0 Å². The number of sulfonamides is 2. The number of aromatic amines is 1. The minimum Gasteiger partial charge on any atom is -0.390 e. The van der Waals surface area contributed by atoms with Gasteiger partial charge in [-0.15, -0.1) is 10.2 Å². The molecule has 2 unspecified atom stereocenters. The van der Waals surface area contributed by atoms with Crippen molar-refractivity contribution in [3.05, 3.63) is 12.1 Å². The monoisotopic (exact) mass is 503 g/mol. The van der Waals surface area contributed by atoms with Gasteiger partial charge in [-0.2, -0.15) is 5.21 Å². The van der Waals surface area contributed by atoms with Gasteiger partial charge in [-0.1, -0.05) is 0 Å². The van der Waals surface area contributed by atoms with Gasteiger partial charge in [-0.25, -0.2) is 26.7 Å². The maximum atomic E-state index is 13.0. The Bertz CT molecular complexity index is 1170. The molecule has 1 aliphatic rings. The number of H-pyrrole nitrogens is 1. The Kier molecular flexibility index (Phi) is 7.67. The third-order valence-corrected chi connectivity index (χ3v) is 8.24. The van der Waals surface area contributed by atoms with Gasteiger partial charge in [0.25, 0.3) is 0 Å². The molecule has 16 heteroatoms. The van der Waals surface area contributed by atoms with E-state index >= 15 is 0 Å². The number of hydrogen-bond donors (Lipinski definition) is 6. The molecule has 2 aromatic rings. The SMILES string of the molecule is CC1CC(CN)CCN1c1ccc(S(=O)(=O)NC[C@H](O)CN)c(S(N)(=O)=O)c1-c1nn[nH]n1. The molecule has 1 aromatic carbocycles. The second-order valence-electron chi connectivity index (χ2n) is 7.98. The number of tetrazole rings is 1. The van der Waals surface area contributed by atoms with Gasteiger partial charge in [0.1, 0.15) is 9.79 Å². The van der Waals surface area contributed by atoms with E-state index in [1.165, 1.54) is 6.07 Å². The third-order valence-electron chi connectivity index (χ3n) is 5.65. The summed E-state index contributed by atoms with van der Waals surface area (Å²) < 4.78 is 53.6. The summed E-state index contributed by atoms with van der Waals surface area (Å²) in [6.07, 6.45) is 0.389. The molecule has 0 amide bonds. The van der Waals surface area contributed by atoms with Crippen LogP contribution < -0.4 is 26.2 Å². The molecule has 0 saturated carbocycles. The molecule has 33 heavy (non-hydrogen) atoms. The van der Waals surface area contributed by atoms with E-state index in [9.17, 15) is 21.9 Å². The number of nitrogens with one attached hydrogen (secondary N) is 2. The molecule has 3 rings (SSSR count). The molecule has 184 valence electrons. The van der Waals surface area contributed by atoms with E-state index in [1.54, 1.807) is 0 Å². The van der Waals surface area contributed by atoms with Crippen LogP contribution in [0.1, 0.15) is 19.8 Å². The molecule has 1 fully saturated rings. The molecule has 0 bridgehead atoms. The van der Waals surface area contributed by atoms with Crippen molar-refractivity contribution in [3.63, 3.8) is 0 Å². The normalized spacial score (nSPS) is 20.7. The van der Waals surface area contributed by atoms with Crippen molar-refractivity contribution in [3.8, 4) is 11.4 Å². The van der Waals surface area contributed by atoms with E-state index in [4.69, 9.17) is 16.6 Å². The average molecular weight is 504 g/mol. The Morgan fingerprint density at radius 2 is 2.03 bits per heavy atom. The molecule has 14 nitrogen and oxygen atoms in total. The van der Waals surface area contributed by atoms with Gasteiger partial charge in [-0.05, 0) is 49.6 Å². The van der Waals surface area contributed by atoms with Crippen molar-refractivity contribution in [2.75, 3.05) is 31.1 Å². The summed E-state index contributed by atoms with van der Waals surface area (Å²) in [7, 11) is -9.00. The molecule has 1 saturated heterocycles. The first kappa shape index (κ1) is 25.4. The quantitative estimate of drug-likeness (QED) is 0.212. The Balaban J connectivity index is 2.22. The van der Waals surface area contributed by atoms with Crippen molar-refractivity contribution in [2.24, 2.45) is 22.5 Å². The molecule has 0 aliphatic carbocycles. The average Bonchev–Trinajstić information content (AvgIpc) is 3.30. The van der Waals surface area contributed by atoms with E-state index in [-0.39, 0.29) is 24.0 Å². The first-order valence-electron chi connectivity index (χ1n) is 10.3. The smallest absolute Gasteiger partial charge is 0.242 e. The maximum Gasteiger partial charge on any atom is 0.242 e. The van der Waals surface area contributed by atoms with Crippen LogP contribution in [0, 0.1) is 5.92 Å². The fraction of sp³-hybridized carbons (Fsp3) is 0.588. The number of anilines is 1. The number of nitrogens with two attached hydrogens (primary N) is 3. The van der Waals surface area contributed by atoms with Crippen LogP contribution in [-0.4, -0.2) is 80.9 Å². The van der Waals surface area contributed by atoms with Gasteiger partial charge < -0.3 is 21.5 Å². The summed E-state index contributed by atoms with van der Waals surface area (Å²) in [6.45, 7) is 2.47. The number of hydrogen-bond acceptors (Lipinski definition) is 11. The molecule has 9 N–H and O–H groups in total. The fourth-order valence-corrected chi connectivity index (χ4v) is 6.65. The highest BCUT2D eigenvalue weighted by Crippen LogP contribution is 2.40. The van der Waals surface area contributed by atoms with Crippen LogP contribution in [0.25, 0.3) is 11.4 Å². The first-order valence-corrected chi connectivity index (χ1v) is 13.3. The topological polar surface area (TPSA) is 236 Å². The van der Waals surface area contributed by atoms with E-state index in [0.717, 1.165) is 18.9 Å². The van der Waals surface area contributed by atoms with Gasteiger partial charge in [0, 0.05) is 31.4 Å². The number of benzene rings is 1. The number of nitrogens with zero attached hydrogens (tertiary/aromatic N) is 4. The standard InChI is InChI=1S/C17H29N9O5S2/c1-10-6-11(7-18)4-5-26(10)13-2-3-14(33(30,31)21-9-12(27)8-19)16(32(20,28)29)15(13)17-22-24-25-23-17/h2-3,10-12,21,27H,4-9,18-19H2,1H3,(H2,20,28,29)(H,22,23,24,25)/t10?,11?,12-/m1/s1. The molecule has 1 aliphatic heterocycles. The van der Waals surface area contributed by atoms with E-state index in [0.29, 0.717) is 24.7 Å². The van der Waals surface area contributed by atoms with Crippen molar-refractivity contribution in [1.82, 2.24) is 25.3 Å². The van der Waals surface area contributed by atoms with Crippen LogP contribution in [0.2, 0.25) is 0 Å². The highest BCUT2D eigenvalue weighted by molar-refractivity contribution is 7.92. The van der Waals surface area contributed by atoms with E-state index in [2.05, 4.69) is 25.3 Å². The Morgan fingerprint density at radius 1 is 1.30 bits per heavy atom. The van der Waals surface area contributed by atoms with Crippen LogP contribution >= 0.6 is 0 Å². The summed E-state index contributed by atoms with van der Waals surface area (Å²) in [6, 6.07) is 2.64. The third kappa shape index (κ3) is 5.48. The van der Waals surface area contributed by atoms with Crippen LogP contribution in [0.3, 0.4) is 0 Å². The van der Waals surface area contributed by atoms with Gasteiger partial charge in [0.2, 0.25) is 25.9 Å². The lowest BCUT2D eigenvalue weighted by Crippen LogP contribution is -2.43. The predicted octanol–water partition coefficient (Wildman–Crippen LogP) is -2.32. The van der Waals surface area contributed by atoms with E-state index in [1.807, 2.05) is 11.8 Å². The predicted molar refractivity (Wildman–Crippen MR) is 120 cm³/mol. The van der Waals surface area contributed by atoms with Crippen LogP contribution in [-0.2, 0) is 20.0 Å². The largest absolute Gasteiger partial charge is 0.390 e. The summed E-state index contributed by atoms with van der Waals surface area (Å²) in [5.74, 6) is 0.196. The highest BCUT2D eigenvalue weighted by Gasteiger charge is 2.35. The molecule has 0 radical (unpaired) electrons. The van der Waals surface area contributed by atoms with Gasteiger partial charge in [0.05, 0.1) is 11.7 Å². The summed E-state index contributed by atoms with van der Waals surface area (Å²) >= 11 is 0. The van der Waals surface area contributed by atoms with Crippen LogP contribution in [0.4, 0.5) is 5.69 Å². The van der Waals surface area contributed by atoms with Crippen molar-refractivity contribution >= 4 is 25.7 Å². The number of primary sulfonamides is 1. The van der Waals surface area contributed by atoms with Crippen LogP contribution in [0.15, 0.2) is 21.9 Å². The van der Waals surface area contributed by atoms with Gasteiger partial charge in [0.15, 0.2) is 0 Å². The van der Waals surface area contributed by atoms with Crippen LogP contribution in [0.5, 0.6) is 0 Å². The number of aliphatic hydroxyl groups excluding tert-OH is 1. The molecular weight excluding hydrogens is 474 g/mol. The lowest BCUT2D eigenvalue weighted by atomic mass is 9.91. The van der Waals surface area contributed by atoms with Crippen molar-refractivity contribution in [1.29, 1.82) is 0 Å². The second-order valence-corrected chi connectivity index (χ2v) is 11.2. The zero-order valence-corrected chi connectivity index (χ0v) is 19.7. The maximum absolute atomic E-state index is 13.0. The molecule has 2 heterocycles. The Morgan fingerprint density at radius 3 is 2.58 bits per heavy atom. The molecule has 0 spiro atoms. The molecule has 3 atom stereocenters. The summed E-state index contributed by atoms with van der Waals surface area (Å²) in [4.78, 5) is 0.695. The van der Waals surface area contributed by atoms with Crippen molar-refractivity contribution in [2.45, 2.75) is 41.7 Å². The minimum absolute atomic E-state index is 0.0217. The Labute approximate surface area is 192 Å². The summed E-state index contributed by atoms with van der Waals surface area (Å²) in [5, 5.41) is 28.7. The summed E-state index contributed by atoms with van der Waals surface area (Å²) in [5.41, 5.74) is 11.5. The Hall–Kier alpha value is -2.21. The van der Waals surface area contributed by atoms with Crippen molar-refractivity contribution < 1.29 is 21.9 Å². The minimum atomic E-state index is -4.59. The second kappa shape index (κ2) is 9.96. The number of aliphatic hydroxyl groups is 1. The fourth-order valence-electron chi connectivity index (χ4n) is 3.98. The number of rotatable bonds is 9. The molecule has 1 aromatic heterocycles. The zero-order valence-electron chi connectivity index (χ0n) is 18.0. The van der Waals surface area contributed by atoms with E-state index < -0.39 is 42.5 Å². The number of aromatic nitrogens is 4. The zero-order chi connectivity index (χ0) is 24.4. The highest BCUT2D eigenvalue weighted by atomic mass is 32.2. The first-order chi connectivity index (χ1) is 15.5. The number of piperidine rings is 1. The van der Waals surface area contributed by atoms with Gasteiger partial charge in [-0.3, -0.25) is 0 Å². The lowest BCUT2D eigenvalue weighted by Gasteiger charge is -2.40. The molecular formula is C17H29N9O5S2.